The number of piperidine rings is 1. The summed E-state index contributed by atoms with van der Waals surface area (Å²) in [5, 5.41) is 0. The van der Waals surface area contributed by atoms with Crippen LogP contribution in [0.2, 0.25) is 0 Å². The molecule has 7 heteroatoms. The molecule has 0 aromatic carbocycles. The van der Waals surface area contributed by atoms with E-state index in [1.165, 1.54) is 17.1 Å². The van der Waals surface area contributed by atoms with E-state index in [1.807, 2.05) is 0 Å². The summed E-state index contributed by atoms with van der Waals surface area (Å²) in [6.45, 7) is 4.41. The Bertz CT molecular complexity index is 496. The van der Waals surface area contributed by atoms with Crippen LogP contribution in [0, 0.1) is 17.3 Å². The van der Waals surface area contributed by atoms with Crippen molar-refractivity contribution in [2.75, 3.05) is 53.6 Å². The second kappa shape index (κ2) is 6.96. The first-order valence-electron chi connectivity index (χ1n) is 8.77. The molecule has 1 aliphatic carbocycles. The fourth-order valence-electron chi connectivity index (χ4n) is 3.82. The molecule has 6 nitrogen and oxygen atoms in total. The van der Waals surface area contributed by atoms with Gasteiger partial charge in [0.2, 0.25) is 0 Å². The van der Waals surface area contributed by atoms with Crippen LogP contribution in [0.25, 0.3) is 0 Å². The molecule has 3 fully saturated rings. The maximum atomic E-state index is 12.3. The van der Waals surface area contributed by atoms with E-state index in [0.29, 0.717) is 19.0 Å². The molecule has 3 aliphatic rings. The summed E-state index contributed by atoms with van der Waals surface area (Å²) in [5.41, 5.74) is 0.195. The van der Waals surface area contributed by atoms with E-state index in [-0.39, 0.29) is 5.41 Å². The Kier molecular flexibility index (Phi) is 5.33. The van der Waals surface area contributed by atoms with Gasteiger partial charge < -0.3 is 9.47 Å². The van der Waals surface area contributed by atoms with Gasteiger partial charge in [0.05, 0.1) is 13.2 Å². The molecular weight excluding hydrogens is 316 g/mol. The highest BCUT2D eigenvalue weighted by Gasteiger charge is 2.45. The molecule has 0 aromatic heterocycles. The van der Waals surface area contributed by atoms with E-state index < -0.39 is 10.2 Å². The molecule has 0 amide bonds. The maximum Gasteiger partial charge on any atom is 0.281 e. The third-order valence-corrected chi connectivity index (χ3v) is 7.75. The lowest BCUT2D eigenvalue weighted by Crippen LogP contribution is -2.52. The maximum absolute atomic E-state index is 12.3. The van der Waals surface area contributed by atoms with Crippen LogP contribution in [0.1, 0.15) is 32.1 Å². The zero-order valence-corrected chi connectivity index (χ0v) is 15.2. The molecule has 0 unspecified atom stereocenters. The zero-order valence-electron chi connectivity index (χ0n) is 14.4. The number of hydrogen-bond acceptors (Lipinski definition) is 4. The van der Waals surface area contributed by atoms with Gasteiger partial charge in [-0.15, -0.1) is 0 Å². The summed E-state index contributed by atoms with van der Waals surface area (Å²) in [4.78, 5) is 0. The highest BCUT2D eigenvalue weighted by atomic mass is 32.2. The van der Waals surface area contributed by atoms with Gasteiger partial charge in [0, 0.05) is 46.3 Å². The van der Waals surface area contributed by atoms with Crippen molar-refractivity contribution in [3.63, 3.8) is 0 Å². The minimum atomic E-state index is -3.29. The average molecular weight is 346 g/mol. The summed E-state index contributed by atoms with van der Waals surface area (Å²) < 4.78 is 39.2. The first kappa shape index (κ1) is 17.6. The second-order valence-electron chi connectivity index (χ2n) is 7.55. The largest absolute Gasteiger partial charge is 0.381 e. The Hall–Kier alpha value is -0.210. The first-order valence-corrected chi connectivity index (χ1v) is 10.2. The molecule has 3 rings (SSSR count). The molecule has 0 N–H and O–H groups in total. The van der Waals surface area contributed by atoms with Crippen LogP contribution in [-0.4, -0.2) is 70.6 Å². The molecule has 2 heterocycles. The van der Waals surface area contributed by atoms with Crippen molar-refractivity contribution < 1.29 is 17.9 Å². The fourth-order valence-corrected chi connectivity index (χ4v) is 4.93. The van der Waals surface area contributed by atoms with Crippen LogP contribution in [0.5, 0.6) is 0 Å². The van der Waals surface area contributed by atoms with Crippen LogP contribution in [-0.2, 0) is 19.7 Å². The topological polar surface area (TPSA) is 59.1 Å². The fraction of sp³-hybridized carbons (Fsp3) is 1.00. The predicted molar refractivity (Wildman–Crippen MR) is 88.3 cm³/mol. The highest BCUT2D eigenvalue weighted by molar-refractivity contribution is 7.86. The molecule has 2 aliphatic heterocycles. The quantitative estimate of drug-likeness (QED) is 0.728. The van der Waals surface area contributed by atoms with Crippen molar-refractivity contribution in [3.8, 4) is 0 Å². The summed E-state index contributed by atoms with van der Waals surface area (Å²) in [5.74, 6) is 1.18. The molecule has 1 spiro atoms. The Labute approximate surface area is 140 Å². The lowest BCUT2D eigenvalue weighted by molar-refractivity contribution is -0.0950. The monoisotopic (exact) mass is 346 g/mol. The van der Waals surface area contributed by atoms with Crippen molar-refractivity contribution in [2.45, 2.75) is 32.1 Å². The molecule has 134 valence electrons. The van der Waals surface area contributed by atoms with E-state index in [0.717, 1.165) is 51.6 Å². The van der Waals surface area contributed by atoms with Gasteiger partial charge in [-0.3, -0.25) is 0 Å². The third kappa shape index (κ3) is 3.90. The van der Waals surface area contributed by atoms with Gasteiger partial charge in [-0.05, 0) is 43.4 Å². The van der Waals surface area contributed by atoms with Gasteiger partial charge in [-0.2, -0.15) is 17.0 Å². The van der Waals surface area contributed by atoms with Crippen molar-refractivity contribution in [1.82, 2.24) is 8.61 Å². The summed E-state index contributed by atoms with van der Waals surface area (Å²) in [6.07, 6.45) is 5.48. The molecule has 0 radical (unpaired) electrons. The van der Waals surface area contributed by atoms with Crippen LogP contribution in [0.3, 0.4) is 0 Å². The van der Waals surface area contributed by atoms with Gasteiger partial charge in [-0.25, -0.2) is 0 Å². The highest BCUT2D eigenvalue weighted by Crippen LogP contribution is 2.45. The number of hydrogen-bond donors (Lipinski definition) is 0. The van der Waals surface area contributed by atoms with Gasteiger partial charge in [0.1, 0.15) is 0 Å². The molecular formula is C16H30N2O4S. The smallest absolute Gasteiger partial charge is 0.281 e. The van der Waals surface area contributed by atoms with Crippen molar-refractivity contribution in [3.05, 3.63) is 0 Å². The Balaban J connectivity index is 1.58. The minimum Gasteiger partial charge on any atom is -0.381 e. The van der Waals surface area contributed by atoms with Crippen LogP contribution < -0.4 is 0 Å². The Morgan fingerprint density at radius 3 is 2.48 bits per heavy atom. The summed E-state index contributed by atoms with van der Waals surface area (Å²) >= 11 is 0. The summed E-state index contributed by atoms with van der Waals surface area (Å²) in [6, 6.07) is 0. The second-order valence-corrected chi connectivity index (χ2v) is 9.70. The Morgan fingerprint density at radius 2 is 1.87 bits per heavy atom. The number of rotatable bonds is 6. The van der Waals surface area contributed by atoms with Crippen LogP contribution in [0.4, 0.5) is 0 Å². The number of nitrogens with zero attached hydrogens (tertiary/aromatic N) is 2. The average Bonchev–Trinajstić information content (AvgIpc) is 3.34. The van der Waals surface area contributed by atoms with Crippen LogP contribution >= 0.6 is 0 Å². The van der Waals surface area contributed by atoms with Gasteiger partial charge in [-0.1, -0.05) is 0 Å². The van der Waals surface area contributed by atoms with Gasteiger partial charge >= 0.3 is 0 Å². The lowest BCUT2D eigenvalue weighted by atomic mass is 9.66. The van der Waals surface area contributed by atoms with E-state index >= 15 is 0 Å². The van der Waals surface area contributed by atoms with Crippen molar-refractivity contribution >= 4 is 10.2 Å². The molecule has 2 saturated heterocycles. The van der Waals surface area contributed by atoms with Crippen LogP contribution in [0.15, 0.2) is 0 Å². The zero-order chi connectivity index (χ0) is 16.5. The van der Waals surface area contributed by atoms with Crippen molar-refractivity contribution in [1.29, 1.82) is 0 Å². The van der Waals surface area contributed by atoms with Crippen molar-refractivity contribution in [2.24, 2.45) is 17.3 Å². The van der Waals surface area contributed by atoms with E-state index in [2.05, 4.69) is 0 Å². The molecule has 0 aromatic rings. The number of ether oxygens (including phenoxy) is 2. The standard InChI is InChI=1S/C16H30N2O4S/c1-17(2)23(19,20)18-8-5-16(6-9-18)7-10-21-12-15(16)13-22-11-14-3-4-14/h14-15H,3-13H2,1-2H3/t15-/m1/s1. The van der Waals surface area contributed by atoms with E-state index in [9.17, 15) is 8.42 Å². The SMILES string of the molecule is CN(C)S(=O)(=O)N1CCC2(CCOC[C@@H]2COCC2CC2)CC1. The summed E-state index contributed by atoms with van der Waals surface area (Å²) in [7, 11) is -0.0888. The Morgan fingerprint density at radius 1 is 1.17 bits per heavy atom. The van der Waals surface area contributed by atoms with Gasteiger partial charge in [0.15, 0.2) is 0 Å². The van der Waals surface area contributed by atoms with E-state index in [4.69, 9.17) is 9.47 Å². The predicted octanol–water partition coefficient (Wildman–Crippen LogP) is 1.34. The first-order chi connectivity index (χ1) is 10.9. The van der Waals surface area contributed by atoms with Gasteiger partial charge in [0.25, 0.3) is 10.2 Å². The van der Waals surface area contributed by atoms with E-state index in [1.54, 1.807) is 18.4 Å². The third-order valence-electron chi connectivity index (χ3n) is 5.80. The molecule has 1 atom stereocenters. The normalized spacial score (nSPS) is 29.3. The molecule has 0 bridgehead atoms. The lowest BCUT2D eigenvalue weighted by Gasteiger charge is -2.48. The molecule has 1 saturated carbocycles. The molecule has 23 heavy (non-hydrogen) atoms. The minimum absolute atomic E-state index is 0.195.